The number of aliphatic hydroxyl groups is 1. The maximum absolute atomic E-state index is 10.2. The van der Waals surface area contributed by atoms with Crippen molar-refractivity contribution < 1.29 is 28.5 Å². The minimum absolute atomic E-state index is 0.0184. The van der Waals surface area contributed by atoms with Gasteiger partial charge in [0.2, 0.25) is 0 Å². The summed E-state index contributed by atoms with van der Waals surface area (Å²) in [6.07, 6.45) is -2.81. The Balaban J connectivity index is 1.91. The zero-order chi connectivity index (χ0) is 24.8. The molecule has 1 heterocycles. The summed E-state index contributed by atoms with van der Waals surface area (Å²) in [6.45, 7) is 11.5. The Labute approximate surface area is 205 Å². The molecule has 188 valence electrons. The van der Waals surface area contributed by atoms with Crippen molar-refractivity contribution in [2.45, 2.75) is 82.8 Å². The lowest BCUT2D eigenvalue weighted by Gasteiger charge is -2.49. The van der Waals surface area contributed by atoms with E-state index in [1.54, 1.807) is 7.11 Å². The molecule has 2 aromatic rings. The average molecular weight is 489 g/mol. The molecule has 0 aromatic heterocycles. The van der Waals surface area contributed by atoms with Gasteiger partial charge in [-0.05, 0) is 29.3 Å². The summed E-state index contributed by atoms with van der Waals surface area (Å²) in [5.74, 6) is 0. The lowest BCUT2D eigenvalue weighted by molar-refractivity contribution is -0.311. The molecule has 5 atom stereocenters. The first-order valence-electron chi connectivity index (χ1n) is 11.9. The maximum Gasteiger partial charge on any atom is 0.192 e. The highest BCUT2D eigenvalue weighted by Gasteiger charge is 2.51. The van der Waals surface area contributed by atoms with Crippen LogP contribution < -0.4 is 0 Å². The Morgan fingerprint density at radius 3 is 1.76 bits per heavy atom. The van der Waals surface area contributed by atoms with Gasteiger partial charge >= 0.3 is 0 Å². The van der Waals surface area contributed by atoms with Crippen molar-refractivity contribution in [3.63, 3.8) is 0 Å². The average Bonchev–Trinajstić information content (AvgIpc) is 2.82. The van der Waals surface area contributed by atoms with Crippen LogP contribution in [0.5, 0.6) is 0 Å². The molecule has 0 aliphatic carbocycles. The Morgan fingerprint density at radius 1 is 0.824 bits per heavy atom. The fourth-order valence-corrected chi connectivity index (χ4v) is 5.09. The molecule has 0 radical (unpaired) electrons. The van der Waals surface area contributed by atoms with Gasteiger partial charge in [0.15, 0.2) is 14.6 Å². The van der Waals surface area contributed by atoms with Gasteiger partial charge in [-0.25, -0.2) is 0 Å². The number of rotatable bonds is 10. The summed E-state index contributed by atoms with van der Waals surface area (Å²) in [4.78, 5) is 0. The van der Waals surface area contributed by atoms with Crippen molar-refractivity contribution >= 4 is 8.32 Å². The fraction of sp³-hybridized carbons (Fsp3) is 0.556. The second-order valence-corrected chi connectivity index (χ2v) is 15.1. The van der Waals surface area contributed by atoms with Gasteiger partial charge in [0.05, 0.1) is 19.8 Å². The predicted molar refractivity (Wildman–Crippen MR) is 135 cm³/mol. The molecule has 7 heteroatoms. The highest BCUT2D eigenvalue weighted by atomic mass is 28.4. The number of hydrogen-bond acceptors (Lipinski definition) is 6. The van der Waals surface area contributed by atoms with E-state index in [9.17, 15) is 5.11 Å². The third-order valence-electron chi connectivity index (χ3n) is 6.81. The van der Waals surface area contributed by atoms with Crippen molar-refractivity contribution in [2.24, 2.45) is 0 Å². The standard InChI is InChI=1S/C27H40O6Si/c1-27(2,3)34(5,6)33-23-22(17-28)32-26(29-4)25(31-19-21-15-11-8-12-16-21)24(23)30-18-20-13-9-7-10-14-20/h7-16,22-26,28H,17-19H2,1-6H3/t22-,23+,24-,25+,26-/m0/s1. The highest BCUT2D eigenvalue weighted by molar-refractivity contribution is 6.74. The Bertz CT molecular complexity index is 854. The number of benzene rings is 2. The van der Waals surface area contributed by atoms with E-state index in [0.717, 1.165) is 11.1 Å². The molecule has 1 aliphatic heterocycles. The second kappa shape index (κ2) is 11.9. The number of ether oxygens (including phenoxy) is 4. The predicted octanol–water partition coefficient (Wildman–Crippen LogP) is 4.91. The van der Waals surface area contributed by atoms with Crippen molar-refractivity contribution in [3.05, 3.63) is 71.8 Å². The van der Waals surface area contributed by atoms with Crippen molar-refractivity contribution in [1.82, 2.24) is 0 Å². The zero-order valence-electron chi connectivity index (χ0n) is 21.3. The smallest absolute Gasteiger partial charge is 0.192 e. The topological polar surface area (TPSA) is 66.4 Å². The van der Waals surface area contributed by atoms with Crippen LogP contribution in [0.15, 0.2) is 60.7 Å². The zero-order valence-corrected chi connectivity index (χ0v) is 22.3. The quantitative estimate of drug-likeness (QED) is 0.479. The van der Waals surface area contributed by atoms with Crippen LogP contribution in [-0.2, 0) is 36.6 Å². The van der Waals surface area contributed by atoms with Crippen LogP contribution in [0.3, 0.4) is 0 Å². The minimum atomic E-state index is -2.22. The van der Waals surface area contributed by atoms with Crippen LogP contribution in [0.4, 0.5) is 0 Å². The number of aliphatic hydroxyl groups excluding tert-OH is 1. The summed E-state index contributed by atoms with van der Waals surface area (Å²) in [5.41, 5.74) is 2.10. The van der Waals surface area contributed by atoms with Crippen molar-refractivity contribution in [2.75, 3.05) is 13.7 Å². The van der Waals surface area contributed by atoms with Crippen LogP contribution in [-0.4, -0.2) is 57.8 Å². The molecule has 0 unspecified atom stereocenters. The molecule has 0 amide bonds. The second-order valence-electron chi connectivity index (χ2n) is 10.3. The first-order chi connectivity index (χ1) is 16.2. The summed E-state index contributed by atoms with van der Waals surface area (Å²) in [5, 5.41) is 10.2. The summed E-state index contributed by atoms with van der Waals surface area (Å²) in [7, 11) is -0.632. The third-order valence-corrected chi connectivity index (χ3v) is 11.3. The van der Waals surface area contributed by atoms with Crippen LogP contribution >= 0.6 is 0 Å². The molecule has 1 fully saturated rings. The molecule has 2 aromatic carbocycles. The molecule has 1 N–H and O–H groups in total. The van der Waals surface area contributed by atoms with Gasteiger partial charge in [0.1, 0.15) is 24.4 Å². The molecular weight excluding hydrogens is 448 g/mol. The molecule has 1 aliphatic rings. The van der Waals surface area contributed by atoms with Crippen LogP contribution in [0.2, 0.25) is 18.1 Å². The summed E-state index contributed by atoms with van der Waals surface area (Å²) in [6, 6.07) is 20.0. The van der Waals surface area contributed by atoms with Gasteiger partial charge in [-0.15, -0.1) is 0 Å². The summed E-state index contributed by atoms with van der Waals surface area (Å²) >= 11 is 0. The largest absolute Gasteiger partial charge is 0.408 e. The summed E-state index contributed by atoms with van der Waals surface area (Å²) < 4.78 is 31.5. The monoisotopic (exact) mass is 488 g/mol. The molecule has 1 saturated heterocycles. The molecule has 6 nitrogen and oxygen atoms in total. The van der Waals surface area contributed by atoms with Crippen molar-refractivity contribution in [3.8, 4) is 0 Å². The van der Waals surface area contributed by atoms with E-state index in [1.165, 1.54) is 0 Å². The molecule has 3 rings (SSSR count). The van der Waals surface area contributed by atoms with Crippen LogP contribution in [0, 0.1) is 0 Å². The van der Waals surface area contributed by atoms with E-state index in [1.807, 2.05) is 60.7 Å². The molecular formula is C27H40O6Si. The van der Waals surface area contributed by atoms with Crippen molar-refractivity contribution in [1.29, 1.82) is 0 Å². The van der Waals surface area contributed by atoms with E-state index in [-0.39, 0.29) is 11.6 Å². The van der Waals surface area contributed by atoms with E-state index < -0.39 is 39.0 Å². The molecule has 0 spiro atoms. The SMILES string of the molecule is CO[C@H]1O[C@@H](CO)[C@@H](O[Si](C)(C)C(C)(C)C)[C@H](OCc2ccccc2)[C@H]1OCc1ccccc1. The van der Waals surface area contributed by atoms with Gasteiger partial charge in [-0.3, -0.25) is 0 Å². The third kappa shape index (κ3) is 6.76. The van der Waals surface area contributed by atoms with E-state index in [4.69, 9.17) is 23.4 Å². The van der Waals surface area contributed by atoms with Gasteiger partial charge in [0.25, 0.3) is 0 Å². The molecule has 0 bridgehead atoms. The Morgan fingerprint density at radius 2 is 1.32 bits per heavy atom. The minimum Gasteiger partial charge on any atom is -0.408 e. The van der Waals surface area contributed by atoms with Gasteiger partial charge in [-0.1, -0.05) is 81.4 Å². The Kier molecular flexibility index (Phi) is 9.46. The maximum atomic E-state index is 10.2. The molecule has 34 heavy (non-hydrogen) atoms. The van der Waals surface area contributed by atoms with Crippen LogP contribution in [0.1, 0.15) is 31.9 Å². The lowest BCUT2D eigenvalue weighted by atomic mass is 9.98. The van der Waals surface area contributed by atoms with E-state index in [2.05, 4.69) is 33.9 Å². The van der Waals surface area contributed by atoms with E-state index in [0.29, 0.717) is 13.2 Å². The van der Waals surface area contributed by atoms with E-state index >= 15 is 0 Å². The van der Waals surface area contributed by atoms with Gasteiger partial charge in [-0.2, -0.15) is 0 Å². The number of hydrogen-bond donors (Lipinski definition) is 1. The lowest BCUT2D eigenvalue weighted by Crippen LogP contribution is -2.64. The van der Waals surface area contributed by atoms with Gasteiger partial charge in [0, 0.05) is 7.11 Å². The Hall–Kier alpha value is -1.58. The highest BCUT2D eigenvalue weighted by Crippen LogP contribution is 2.40. The van der Waals surface area contributed by atoms with Gasteiger partial charge < -0.3 is 28.5 Å². The molecule has 0 saturated carbocycles. The van der Waals surface area contributed by atoms with Crippen LogP contribution in [0.25, 0.3) is 0 Å². The first kappa shape index (κ1) is 27.0. The fourth-order valence-electron chi connectivity index (χ4n) is 3.77. The first-order valence-corrected chi connectivity index (χ1v) is 14.8. The normalized spacial score (nSPS) is 25.9. The number of methoxy groups -OCH3 is 1.